The molecule has 4 N–H and O–H groups in total. The highest BCUT2D eigenvalue weighted by Gasteiger charge is 2.38. The molecule has 1 aliphatic rings. The van der Waals surface area contributed by atoms with Crippen molar-refractivity contribution >= 4 is 23.2 Å². The van der Waals surface area contributed by atoms with Crippen molar-refractivity contribution in [3.05, 3.63) is 28.8 Å². The molecule has 1 amide bonds. The number of carbonyl (C=O) groups is 1. The Bertz CT molecular complexity index is 477. The van der Waals surface area contributed by atoms with Crippen LogP contribution in [0.4, 0.5) is 5.69 Å². The highest BCUT2D eigenvalue weighted by molar-refractivity contribution is 6.31. The highest BCUT2D eigenvalue weighted by Crippen LogP contribution is 2.31. The molecule has 0 spiro atoms. The summed E-state index contributed by atoms with van der Waals surface area (Å²) in [6, 6.07) is 5.46. The van der Waals surface area contributed by atoms with Crippen LogP contribution in [0.3, 0.4) is 0 Å². The monoisotopic (exact) mass is 267 g/mol. The number of amides is 1. The number of hydrogen-bond acceptors (Lipinski definition) is 3. The number of anilines is 1. The number of nitrogen functional groups attached to an aromatic ring is 1. The van der Waals surface area contributed by atoms with Crippen LogP contribution in [0.5, 0.6) is 0 Å². The molecule has 0 aliphatic carbocycles. The van der Waals surface area contributed by atoms with E-state index in [-0.39, 0.29) is 5.91 Å². The molecule has 1 aliphatic heterocycles. The van der Waals surface area contributed by atoms with Crippen molar-refractivity contribution in [2.45, 2.75) is 19.9 Å². The molecular formula is C13H18ClN3O. The summed E-state index contributed by atoms with van der Waals surface area (Å²) in [6.45, 7) is 4.14. The molecule has 1 atom stereocenters. The molecule has 1 aromatic rings. The topological polar surface area (TPSA) is 72.4 Å². The summed E-state index contributed by atoms with van der Waals surface area (Å²) in [6.07, 6.45) is 0.794. The minimum atomic E-state index is -0.424. The SMILES string of the molecule is CC1(C(N)=O)CCN(Cc2cc(N)ccc2Cl)C1. The second kappa shape index (κ2) is 4.78. The van der Waals surface area contributed by atoms with Gasteiger partial charge in [0, 0.05) is 23.8 Å². The maximum Gasteiger partial charge on any atom is 0.224 e. The summed E-state index contributed by atoms with van der Waals surface area (Å²) in [4.78, 5) is 13.6. The average molecular weight is 268 g/mol. The Morgan fingerprint density at radius 3 is 2.89 bits per heavy atom. The van der Waals surface area contributed by atoms with Gasteiger partial charge in [-0.05, 0) is 43.7 Å². The van der Waals surface area contributed by atoms with Crippen LogP contribution in [0, 0.1) is 5.41 Å². The fourth-order valence-electron chi connectivity index (χ4n) is 2.35. The first-order valence-electron chi connectivity index (χ1n) is 5.97. The number of rotatable bonds is 3. The fourth-order valence-corrected chi connectivity index (χ4v) is 2.53. The van der Waals surface area contributed by atoms with E-state index in [1.54, 1.807) is 12.1 Å². The molecule has 0 bridgehead atoms. The number of benzene rings is 1. The van der Waals surface area contributed by atoms with Gasteiger partial charge in [-0.25, -0.2) is 0 Å². The van der Waals surface area contributed by atoms with Crippen molar-refractivity contribution in [1.82, 2.24) is 4.90 Å². The van der Waals surface area contributed by atoms with E-state index in [1.807, 2.05) is 13.0 Å². The summed E-state index contributed by atoms with van der Waals surface area (Å²) >= 11 is 6.13. The van der Waals surface area contributed by atoms with Crippen LogP contribution in [-0.2, 0) is 11.3 Å². The quantitative estimate of drug-likeness (QED) is 0.818. The van der Waals surface area contributed by atoms with Crippen LogP contribution >= 0.6 is 11.6 Å². The van der Waals surface area contributed by atoms with Gasteiger partial charge in [0.15, 0.2) is 0 Å². The summed E-state index contributed by atoms with van der Waals surface area (Å²) < 4.78 is 0. The Morgan fingerprint density at radius 1 is 1.56 bits per heavy atom. The lowest BCUT2D eigenvalue weighted by atomic mass is 9.89. The molecule has 1 aromatic carbocycles. The van der Waals surface area contributed by atoms with Crippen molar-refractivity contribution < 1.29 is 4.79 Å². The molecule has 5 heteroatoms. The Morgan fingerprint density at radius 2 is 2.28 bits per heavy atom. The van der Waals surface area contributed by atoms with Gasteiger partial charge in [-0.3, -0.25) is 9.69 Å². The lowest BCUT2D eigenvalue weighted by molar-refractivity contribution is -0.126. The predicted molar refractivity (Wildman–Crippen MR) is 73.1 cm³/mol. The van der Waals surface area contributed by atoms with Crippen LogP contribution in [0.2, 0.25) is 5.02 Å². The molecule has 1 fully saturated rings. The molecule has 4 nitrogen and oxygen atoms in total. The Labute approximate surface area is 112 Å². The average Bonchev–Trinajstić information content (AvgIpc) is 2.67. The van der Waals surface area contributed by atoms with Gasteiger partial charge in [0.2, 0.25) is 5.91 Å². The van der Waals surface area contributed by atoms with E-state index in [2.05, 4.69) is 4.90 Å². The summed E-state index contributed by atoms with van der Waals surface area (Å²) in [5.41, 5.74) is 12.4. The molecule has 0 saturated carbocycles. The third-order valence-corrected chi connectivity index (χ3v) is 3.98. The van der Waals surface area contributed by atoms with Crippen LogP contribution in [-0.4, -0.2) is 23.9 Å². The number of carbonyl (C=O) groups excluding carboxylic acids is 1. The van der Waals surface area contributed by atoms with E-state index in [9.17, 15) is 4.79 Å². The third-order valence-electron chi connectivity index (χ3n) is 3.61. The molecule has 1 saturated heterocycles. The largest absolute Gasteiger partial charge is 0.399 e. The standard InChI is InChI=1S/C13H18ClN3O/c1-13(12(16)18)4-5-17(8-13)7-9-6-10(15)2-3-11(9)14/h2-3,6H,4-5,7-8,15H2,1H3,(H2,16,18). The Balaban J connectivity index is 2.08. The van der Waals surface area contributed by atoms with Gasteiger partial charge in [-0.15, -0.1) is 0 Å². The third kappa shape index (κ3) is 2.60. The van der Waals surface area contributed by atoms with Crippen molar-refractivity contribution in [1.29, 1.82) is 0 Å². The number of nitrogens with two attached hydrogens (primary N) is 2. The summed E-state index contributed by atoms with van der Waals surface area (Å²) in [7, 11) is 0. The van der Waals surface area contributed by atoms with E-state index in [1.165, 1.54) is 0 Å². The van der Waals surface area contributed by atoms with Gasteiger partial charge >= 0.3 is 0 Å². The van der Waals surface area contributed by atoms with Crippen molar-refractivity contribution in [3.8, 4) is 0 Å². The molecule has 0 aromatic heterocycles. The van der Waals surface area contributed by atoms with Crippen LogP contribution in [0.25, 0.3) is 0 Å². The zero-order chi connectivity index (χ0) is 13.3. The first kappa shape index (κ1) is 13.2. The van der Waals surface area contributed by atoms with Crippen LogP contribution in [0.1, 0.15) is 18.9 Å². The second-order valence-corrected chi connectivity index (χ2v) is 5.64. The number of hydrogen-bond donors (Lipinski definition) is 2. The molecule has 0 radical (unpaired) electrons. The molecular weight excluding hydrogens is 250 g/mol. The van der Waals surface area contributed by atoms with E-state index in [0.717, 1.165) is 18.5 Å². The highest BCUT2D eigenvalue weighted by atomic mass is 35.5. The van der Waals surface area contributed by atoms with Gasteiger partial charge in [0.05, 0.1) is 5.41 Å². The first-order chi connectivity index (χ1) is 8.40. The fraction of sp³-hybridized carbons (Fsp3) is 0.462. The minimum absolute atomic E-state index is 0.233. The normalized spacial score (nSPS) is 24.3. The van der Waals surface area contributed by atoms with Crippen molar-refractivity contribution in [2.75, 3.05) is 18.8 Å². The number of halogens is 1. The van der Waals surface area contributed by atoms with E-state index in [4.69, 9.17) is 23.1 Å². The second-order valence-electron chi connectivity index (χ2n) is 5.24. The minimum Gasteiger partial charge on any atom is -0.399 e. The van der Waals surface area contributed by atoms with Crippen LogP contribution < -0.4 is 11.5 Å². The molecule has 98 valence electrons. The smallest absolute Gasteiger partial charge is 0.224 e. The first-order valence-corrected chi connectivity index (χ1v) is 6.35. The van der Waals surface area contributed by atoms with Crippen molar-refractivity contribution in [2.24, 2.45) is 11.1 Å². The molecule has 18 heavy (non-hydrogen) atoms. The van der Waals surface area contributed by atoms with Gasteiger partial charge in [0.25, 0.3) is 0 Å². The molecule has 2 rings (SSSR count). The number of nitrogens with zero attached hydrogens (tertiary/aromatic N) is 1. The molecule has 1 unspecified atom stereocenters. The lowest BCUT2D eigenvalue weighted by Crippen LogP contribution is -2.36. The lowest BCUT2D eigenvalue weighted by Gasteiger charge is -2.21. The van der Waals surface area contributed by atoms with Gasteiger partial charge in [0.1, 0.15) is 0 Å². The summed E-state index contributed by atoms with van der Waals surface area (Å²) in [5, 5.41) is 0.705. The van der Waals surface area contributed by atoms with Gasteiger partial charge in [-0.1, -0.05) is 11.6 Å². The maximum absolute atomic E-state index is 11.4. The van der Waals surface area contributed by atoms with E-state index < -0.39 is 5.41 Å². The van der Waals surface area contributed by atoms with Gasteiger partial charge in [-0.2, -0.15) is 0 Å². The summed E-state index contributed by atoms with van der Waals surface area (Å²) in [5.74, 6) is -0.233. The zero-order valence-corrected chi connectivity index (χ0v) is 11.2. The maximum atomic E-state index is 11.4. The number of likely N-dealkylation sites (tertiary alicyclic amines) is 1. The molecule has 1 heterocycles. The Hall–Kier alpha value is -1.26. The predicted octanol–water partition coefficient (Wildman–Crippen LogP) is 1.62. The van der Waals surface area contributed by atoms with Crippen LogP contribution in [0.15, 0.2) is 18.2 Å². The Kier molecular flexibility index (Phi) is 3.50. The zero-order valence-electron chi connectivity index (χ0n) is 10.4. The van der Waals surface area contributed by atoms with Gasteiger partial charge < -0.3 is 11.5 Å². The van der Waals surface area contributed by atoms with E-state index in [0.29, 0.717) is 23.8 Å². The van der Waals surface area contributed by atoms with E-state index >= 15 is 0 Å². The number of primary amides is 1. The van der Waals surface area contributed by atoms with Crippen molar-refractivity contribution in [3.63, 3.8) is 0 Å².